The van der Waals surface area contributed by atoms with E-state index in [-0.39, 0.29) is 18.1 Å². The maximum atomic E-state index is 12.4. The van der Waals surface area contributed by atoms with Gasteiger partial charge in [-0.25, -0.2) is 0 Å². The van der Waals surface area contributed by atoms with Crippen LogP contribution in [0, 0.1) is 0 Å². The van der Waals surface area contributed by atoms with E-state index in [1.54, 1.807) is 19.3 Å². The van der Waals surface area contributed by atoms with Gasteiger partial charge in [-0.1, -0.05) is 12.8 Å². The van der Waals surface area contributed by atoms with Gasteiger partial charge >= 0.3 is 0 Å². The largest absolute Gasteiger partial charge is 0.393 e. The highest BCUT2D eigenvalue weighted by Gasteiger charge is 2.27. The van der Waals surface area contributed by atoms with Crippen molar-refractivity contribution in [2.75, 3.05) is 6.54 Å². The topological polar surface area (TPSA) is 69.2 Å². The van der Waals surface area contributed by atoms with E-state index >= 15 is 0 Å². The van der Waals surface area contributed by atoms with E-state index < -0.39 is 0 Å². The summed E-state index contributed by atoms with van der Waals surface area (Å²) >= 11 is 0. The van der Waals surface area contributed by atoms with Gasteiger partial charge in [0.1, 0.15) is 0 Å². The first-order valence-corrected chi connectivity index (χ1v) is 6.66. The number of carbonyl (C=O) groups is 1. The molecule has 0 aromatic carbocycles. The lowest BCUT2D eigenvalue weighted by Gasteiger charge is -2.30. The molecule has 0 radical (unpaired) electrons. The summed E-state index contributed by atoms with van der Waals surface area (Å²) in [5.74, 6) is 0.0244. The zero-order chi connectivity index (χ0) is 13.0. The second kappa shape index (κ2) is 6.00. The molecular weight excluding hydrogens is 230 g/mol. The lowest BCUT2D eigenvalue weighted by molar-refractivity contribution is 0.0607. The van der Waals surface area contributed by atoms with Crippen LogP contribution in [0.3, 0.4) is 0 Å². The molecule has 1 amide bonds. The third-order valence-electron chi connectivity index (χ3n) is 3.50. The molecule has 2 unspecified atom stereocenters. The number of amides is 1. The number of rotatable bonds is 3. The second-order valence-electron chi connectivity index (χ2n) is 5.07. The Kier molecular flexibility index (Phi) is 4.36. The van der Waals surface area contributed by atoms with E-state index in [2.05, 4.69) is 10.2 Å². The van der Waals surface area contributed by atoms with E-state index in [1.165, 1.54) is 0 Å². The minimum Gasteiger partial charge on any atom is -0.393 e. The normalized spacial score (nSPS) is 22.6. The van der Waals surface area contributed by atoms with Gasteiger partial charge in [-0.3, -0.25) is 9.89 Å². The van der Waals surface area contributed by atoms with E-state index in [0.717, 1.165) is 32.2 Å². The van der Waals surface area contributed by atoms with E-state index in [0.29, 0.717) is 12.0 Å². The molecule has 5 nitrogen and oxygen atoms in total. The molecule has 5 heteroatoms. The molecular formula is C13H21N3O2. The summed E-state index contributed by atoms with van der Waals surface area (Å²) in [7, 11) is 0. The second-order valence-corrected chi connectivity index (χ2v) is 5.07. The average Bonchev–Trinajstić information content (AvgIpc) is 2.76. The molecule has 0 saturated carbocycles. The predicted octanol–water partition coefficient (Wildman–Crippen LogP) is 1.57. The molecule has 1 aromatic heterocycles. The molecule has 2 heterocycles. The highest BCUT2D eigenvalue weighted by Crippen LogP contribution is 2.22. The Bertz CT molecular complexity index is 376. The van der Waals surface area contributed by atoms with Gasteiger partial charge in [-0.2, -0.15) is 5.10 Å². The maximum absolute atomic E-state index is 12.4. The number of likely N-dealkylation sites (tertiary alicyclic amines) is 1. The van der Waals surface area contributed by atoms with Crippen molar-refractivity contribution in [2.45, 2.75) is 51.2 Å². The fraction of sp³-hybridized carbons (Fsp3) is 0.692. The Labute approximate surface area is 107 Å². The Morgan fingerprint density at radius 3 is 3.11 bits per heavy atom. The Hall–Kier alpha value is -1.36. The monoisotopic (exact) mass is 251 g/mol. The Balaban J connectivity index is 2.12. The molecule has 2 N–H and O–H groups in total. The van der Waals surface area contributed by atoms with Crippen LogP contribution < -0.4 is 0 Å². The number of aliphatic hydroxyl groups excluding tert-OH is 1. The van der Waals surface area contributed by atoms with Crippen molar-refractivity contribution in [1.82, 2.24) is 15.1 Å². The van der Waals surface area contributed by atoms with Gasteiger partial charge < -0.3 is 10.0 Å². The number of hydrogen-bond acceptors (Lipinski definition) is 3. The zero-order valence-electron chi connectivity index (χ0n) is 10.8. The van der Waals surface area contributed by atoms with Gasteiger partial charge in [0, 0.05) is 18.8 Å². The molecule has 2 atom stereocenters. The SMILES string of the molecule is CC(O)CC1CCCCCN1C(=O)c1cn[nH]c1. The van der Waals surface area contributed by atoms with Crippen molar-refractivity contribution in [3.63, 3.8) is 0 Å². The van der Waals surface area contributed by atoms with Crippen LogP contribution in [-0.4, -0.2) is 44.8 Å². The molecule has 18 heavy (non-hydrogen) atoms. The number of aromatic nitrogens is 2. The lowest BCUT2D eigenvalue weighted by atomic mass is 10.0. The fourth-order valence-corrected chi connectivity index (χ4v) is 2.62. The average molecular weight is 251 g/mol. The van der Waals surface area contributed by atoms with Crippen molar-refractivity contribution in [3.8, 4) is 0 Å². The number of carbonyl (C=O) groups excluding carboxylic acids is 1. The van der Waals surface area contributed by atoms with Crippen molar-refractivity contribution in [3.05, 3.63) is 18.0 Å². The first kappa shape index (κ1) is 13.1. The number of nitrogens with zero attached hydrogens (tertiary/aromatic N) is 2. The van der Waals surface area contributed by atoms with E-state index in [4.69, 9.17) is 0 Å². The summed E-state index contributed by atoms with van der Waals surface area (Å²) in [6, 6.07) is 0.148. The van der Waals surface area contributed by atoms with Gasteiger partial charge in [0.25, 0.3) is 5.91 Å². The predicted molar refractivity (Wildman–Crippen MR) is 68.2 cm³/mol. The molecule has 100 valence electrons. The zero-order valence-corrected chi connectivity index (χ0v) is 10.8. The van der Waals surface area contributed by atoms with Crippen LogP contribution >= 0.6 is 0 Å². The smallest absolute Gasteiger partial charge is 0.257 e. The van der Waals surface area contributed by atoms with Crippen molar-refractivity contribution in [1.29, 1.82) is 0 Å². The quantitative estimate of drug-likeness (QED) is 0.856. The fourth-order valence-electron chi connectivity index (χ4n) is 2.62. The molecule has 1 saturated heterocycles. The maximum Gasteiger partial charge on any atom is 0.257 e. The minimum absolute atomic E-state index is 0.0244. The first-order valence-electron chi connectivity index (χ1n) is 6.66. The van der Waals surface area contributed by atoms with Gasteiger partial charge in [0.15, 0.2) is 0 Å². The summed E-state index contributed by atoms with van der Waals surface area (Å²) in [5, 5.41) is 16.1. The molecule has 1 fully saturated rings. The van der Waals surface area contributed by atoms with Crippen molar-refractivity contribution >= 4 is 5.91 Å². The van der Waals surface area contributed by atoms with Crippen molar-refractivity contribution in [2.24, 2.45) is 0 Å². The third kappa shape index (κ3) is 3.10. The molecule has 0 spiro atoms. The summed E-state index contributed by atoms with van der Waals surface area (Å²) in [5.41, 5.74) is 0.604. The van der Waals surface area contributed by atoms with Crippen LogP contribution in [0.1, 0.15) is 49.4 Å². The molecule has 1 aliphatic heterocycles. The number of aromatic amines is 1. The van der Waals surface area contributed by atoms with Crippen LogP contribution in [0.4, 0.5) is 0 Å². The van der Waals surface area contributed by atoms with Gasteiger partial charge in [-0.15, -0.1) is 0 Å². The molecule has 0 aliphatic carbocycles. The van der Waals surface area contributed by atoms with E-state index in [9.17, 15) is 9.90 Å². The van der Waals surface area contributed by atoms with Crippen LogP contribution in [0.15, 0.2) is 12.4 Å². The number of aliphatic hydroxyl groups is 1. The number of hydrogen-bond donors (Lipinski definition) is 2. The van der Waals surface area contributed by atoms with Gasteiger partial charge in [-0.05, 0) is 26.2 Å². The first-order chi connectivity index (χ1) is 8.68. The van der Waals surface area contributed by atoms with E-state index in [1.807, 2.05) is 4.90 Å². The van der Waals surface area contributed by atoms with Gasteiger partial charge in [0.2, 0.25) is 0 Å². The number of H-pyrrole nitrogens is 1. The molecule has 0 bridgehead atoms. The summed E-state index contributed by atoms with van der Waals surface area (Å²) in [6.07, 6.45) is 7.79. The number of nitrogens with one attached hydrogen (secondary N) is 1. The molecule has 1 aromatic rings. The Morgan fingerprint density at radius 1 is 1.61 bits per heavy atom. The summed E-state index contributed by atoms with van der Waals surface area (Å²) in [4.78, 5) is 14.3. The van der Waals surface area contributed by atoms with Crippen LogP contribution in [0.25, 0.3) is 0 Å². The third-order valence-corrected chi connectivity index (χ3v) is 3.50. The highest BCUT2D eigenvalue weighted by molar-refractivity contribution is 5.93. The van der Waals surface area contributed by atoms with Gasteiger partial charge in [0.05, 0.1) is 17.9 Å². The molecule has 2 rings (SSSR count). The van der Waals surface area contributed by atoms with Crippen LogP contribution in [0.5, 0.6) is 0 Å². The minimum atomic E-state index is -0.368. The standard InChI is InChI=1S/C13H21N3O2/c1-10(17)7-12-5-3-2-4-6-16(12)13(18)11-8-14-15-9-11/h8-10,12,17H,2-7H2,1H3,(H,14,15). The van der Waals surface area contributed by atoms with Crippen LogP contribution in [0.2, 0.25) is 0 Å². The lowest BCUT2D eigenvalue weighted by Crippen LogP contribution is -2.41. The van der Waals surface area contributed by atoms with Crippen LogP contribution in [-0.2, 0) is 0 Å². The summed E-state index contributed by atoms with van der Waals surface area (Å²) < 4.78 is 0. The highest BCUT2D eigenvalue weighted by atomic mass is 16.3. The summed E-state index contributed by atoms with van der Waals surface area (Å²) in [6.45, 7) is 2.56. The Morgan fingerprint density at radius 2 is 2.44 bits per heavy atom. The van der Waals surface area contributed by atoms with Crippen molar-refractivity contribution < 1.29 is 9.90 Å². The molecule has 1 aliphatic rings.